The van der Waals surface area contributed by atoms with Gasteiger partial charge in [-0.3, -0.25) is 4.99 Å². The number of pyridine rings is 1. The maximum absolute atomic E-state index is 13.0. The van der Waals surface area contributed by atoms with Crippen LogP contribution in [0.15, 0.2) is 47.6 Å². The van der Waals surface area contributed by atoms with Gasteiger partial charge in [0.05, 0.1) is 5.02 Å². The molecule has 0 bridgehead atoms. The van der Waals surface area contributed by atoms with Gasteiger partial charge in [-0.05, 0) is 49.6 Å². The number of anilines is 1. The number of aromatic nitrogens is 1. The van der Waals surface area contributed by atoms with Gasteiger partial charge in [0.1, 0.15) is 11.6 Å². The molecule has 1 aromatic heterocycles. The smallest absolute Gasteiger partial charge is 0.191 e. The molecule has 1 fully saturated rings. The van der Waals surface area contributed by atoms with Crippen molar-refractivity contribution in [3.63, 3.8) is 0 Å². The van der Waals surface area contributed by atoms with Crippen LogP contribution in [-0.2, 0) is 6.42 Å². The summed E-state index contributed by atoms with van der Waals surface area (Å²) in [6, 6.07) is 10.6. The van der Waals surface area contributed by atoms with Gasteiger partial charge < -0.3 is 15.5 Å². The van der Waals surface area contributed by atoms with Crippen LogP contribution in [0.1, 0.15) is 18.9 Å². The van der Waals surface area contributed by atoms with E-state index in [0.29, 0.717) is 11.6 Å². The first-order valence-corrected chi connectivity index (χ1v) is 9.68. The molecule has 2 aromatic rings. The predicted octanol–water partition coefficient (Wildman–Crippen LogP) is 3.87. The molecule has 1 unspecified atom stereocenters. The van der Waals surface area contributed by atoms with E-state index >= 15 is 0 Å². The van der Waals surface area contributed by atoms with Crippen LogP contribution in [0.3, 0.4) is 0 Å². The normalized spacial score (nSPS) is 16.6. The number of benzene rings is 1. The second-order valence-electron chi connectivity index (χ2n) is 6.52. The number of nitrogens with one attached hydrogen (secondary N) is 2. The average molecular weight is 518 g/mol. The minimum Gasteiger partial charge on any atom is -0.357 e. The maximum atomic E-state index is 13.0. The van der Waals surface area contributed by atoms with Gasteiger partial charge in [0.15, 0.2) is 5.96 Å². The minimum absolute atomic E-state index is 0. The number of hydrogen-bond donors (Lipinski definition) is 2. The van der Waals surface area contributed by atoms with E-state index in [1.807, 2.05) is 19.1 Å². The predicted molar refractivity (Wildman–Crippen MR) is 124 cm³/mol. The molecular formula is C20H26ClFIN5. The molecule has 0 aliphatic carbocycles. The van der Waals surface area contributed by atoms with Gasteiger partial charge in [-0.1, -0.05) is 23.7 Å². The van der Waals surface area contributed by atoms with E-state index in [4.69, 9.17) is 11.6 Å². The van der Waals surface area contributed by atoms with Crippen LogP contribution >= 0.6 is 35.6 Å². The Morgan fingerprint density at radius 3 is 2.82 bits per heavy atom. The molecule has 0 spiro atoms. The topological polar surface area (TPSA) is 52.6 Å². The Bertz CT molecular complexity index is 771. The summed E-state index contributed by atoms with van der Waals surface area (Å²) in [5, 5.41) is 7.47. The van der Waals surface area contributed by atoms with Crippen LogP contribution in [0.2, 0.25) is 5.02 Å². The van der Waals surface area contributed by atoms with Crippen molar-refractivity contribution in [1.82, 2.24) is 15.6 Å². The quantitative estimate of drug-likeness (QED) is 0.347. The lowest BCUT2D eigenvalue weighted by Gasteiger charge is -2.20. The van der Waals surface area contributed by atoms with Crippen LogP contribution in [0.5, 0.6) is 0 Å². The molecule has 1 aromatic carbocycles. The highest BCUT2D eigenvalue weighted by atomic mass is 127. The Labute approximate surface area is 187 Å². The van der Waals surface area contributed by atoms with Crippen molar-refractivity contribution in [2.75, 3.05) is 31.1 Å². The van der Waals surface area contributed by atoms with Gasteiger partial charge in [0.25, 0.3) is 0 Å². The molecule has 1 atom stereocenters. The van der Waals surface area contributed by atoms with Crippen LogP contribution < -0.4 is 15.5 Å². The Kier molecular flexibility index (Phi) is 9.24. The molecule has 152 valence electrons. The third-order valence-electron chi connectivity index (χ3n) is 4.50. The number of aliphatic imine (C=N–C) groups is 1. The molecular weight excluding hydrogens is 492 g/mol. The monoisotopic (exact) mass is 517 g/mol. The van der Waals surface area contributed by atoms with Gasteiger partial charge in [-0.15, -0.1) is 24.0 Å². The van der Waals surface area contributed by atoms with Gasteiger partial charge in [0.2, 0.25) is 0 Å². The highest BCUT2D eigenvalue weighted by Gasteiger charge is 2.25. The van der Waals surface area contributed by atoms with E-state index in [2.05, 4.69) is 25.5 Å². The van der Waals surface area contributed by atoms with Gasteiger partial charge >= 0.3 is 0 Å². The minimum atomic E-state index is -0.212. The molecule has 2 heterocycles. The van der Waals surface area contributed by atoms with E-state index in [0.717, 1.165) is 49.8 Å². The van der Waals surface area contributed by atoms with Crippen molar-refractivity contribution in [3.05, 3.63) is 59.0 Å². The second kappa shape index (κ2) is 11.4. The third kappa shape index (κ3) is 6.48. The molecule has 1 saturated heterocycles. The summed E-state index contributed by atoms with van der Waals surface area (Å²) in [4.78, 5) is 11.2. The summed E-state index contributed by atoms with van der Waals surface area (Å²) < 4.78 is 13.0. The van der Waals surface area contributed by atoms with Crippen molar-refractivity contribution in [3.8, 4) is 0 Å². The van der Waals surface area contributed by atoms with E-state index in [9.17, 15) is 4.39 Å². The van der Waals surface area contributed by atoms with Crippen molar-refractivity contribution in [1.29, 1.82) is 0 Å². The summed E-state index contributed by atoms with van der Waals surface area (Å²) in [5.74, 6) is 1.43. The summed E-state index contributed by atoms with van der Waals surface area (Å²) in [5.41, 5.74) is 1.08. The fourth-order valence-electron chi connectivity index (χ4n) is 3.14. The zero-order valence-corrected chi connectivity index (χ0v) is 19.0. The number of guanidine groups is 1. The fourth-order valence-corrected chi connectivity index (χ4v) is 3.38. The van der Waals surface area contributed by atoms with Gasteiger partial charge in [-0.2, -0.15) is 0 Å². The first kappa shape index (κ1) is 22.7. The first-order chi connectivity index (χ1) is 13.2. The SMILES string of the molecule is CCNC(=NCCc1ccc(F)cc1)NC1CCN(c2ncccc2Cl)C1.I. The molecule has 0 saturated carbocycles. The Morgan fingerprint density at radius 1 is 1.32 bits per heavy atom. The lowest BCUT2D eigenvalue weighted by atomic mass is 10.1. The highest BCUT2D eigenvalue weighted by molar-refractivity contribution is 14.0. The zero-order chi connectivity index (χ0) is 19.1. The van der Waals surface area contributed by atoms with Crippen LogP contribution in [0.4, 0.5) is 10.2 Å². The third-order valence-corrected chi connectivity index (χ3v) is 4.79. The Balaban J connectivity index is 0.00000280. The Hall–Kier alpha value is -1.61. The molecule has 1 aliphatic heterocycles. The number of nitrogens with zero attached hydrogens (tertiary/aromatic N) is 3. The van der Waals surface area contributed by atoms with E-state index in [1.165, 1.54) is 12.1 Å². The van der Waals surface area contributed by atoms with Crippen molar-refractivity contribution in [2.45, 2.75) is 25.8 Å². The lowest BCUT2D eigenvalue weighted by Crippen LogP contribution is -2.44. The van der Waals surface area contributed by atoms with Crippen LogP contribution in [-0.4, -0.2) is 43.2 Å². The van der Waals surface area contributed by atoms with Crippen molar-refractivity contribution >= 4 is 47.4 Å². The average Bonchev–Trinajstić information content (AvgIpc) is 3.12. The first-order valence-electron chi connectivity index (χ1n) is 9.30. The zero-order valence-electron chi connectivity index (χ0n) is 15.9. The molecule has 5 nitrogen and oxygen atoms in total. The van der Waals surface area contributed by atoms with E-state index in [1.54, 1.807) is 18.3 Å². The van der Waals surface area contributed by atoms with Crippen molar-refractivity contribution < 1.29 is 4.39 Å². The Morgan fingerprint density at radius 2 is 2.11 bits per heavy atom. The molecule has 2 N–H and O–H groups in total. The number of hydrogen-bond acceptors (Lipinski definition) is 3. The fraction of sp³-hybridized carbons (Fsp3) is 0.400. The molecule has 28 heavy (non-hydrogen) atoms. The van der Waals surface area contributed by atoms with E-state index < -0.39 is 0 Å². The molecule has 8 heteroatoms. The molecule has 1 aliphatic rings. The van der Waals surface area contributed by atoms with Gasteiger partial charge in [-0.25, -0.2) is 9.37 Å². The number of halogens is 3. The number of rotatable bonds is 6. The lowest BCUT2D eigenvalue weighted by molar-refractivity contribution is 0.627. The summed E-state index contributed by atoms with van der Waals surface area (Å²) in [7, 11) is 0. The maximum Gasteiger partial charge on any atom is 0.191 e. The second-order valence-corrected chi connectivity index (χ2v) is 6.93. The summed E-state index contributed by atoms with van der Waals surface area (Å²) in [6.07, 6.45) is 3.54. The van der Waals surface area contributed by atoms with Gasteiger partial charge in [0, 0.05) is 38.4 Å². The summed E-state index contributed by atoms with van der Waals surface area (Å²) >= 11 is 6.26. The van der Waals surface area contributed by atoms with E-state index in [-0.39, 0.29) is 35.8 Å². The molecule has 3 rings (SSSR count). The molecule has 0 amide bonds. The van der Waals surface area contributed by atoms with Crippen LogP contribution in [0.25, 0.3) is 0 Å². The highest BCUT2D eigenvalue weighted by Crippen LogP contribution is 2.25. The largest absolute Gasteiger partial charge is 0.357 e. The summed E-state index contributed by atoms with van der Waals surface area (Å²) in [6.45, 7) is 5.22. The van der Waals surface area contributed by atoms with Crippen molar-refractivity contribution in [2.24, 2.45) is 4.99 Å². The van der Waals surface area contributed by atoms with Crippen LogP contribution in [0, 0.1) is 5.82 Å². The standard InChI is InChI=1S/C20H25ClFN5.HI/c1-2-23-20(25-12-9-15-5-7-16(22)8-6-15)26-17-10-13-27(14-17)19-18(21)4-3-11-24-19;/h3-8,11,17H,2,9-10,12-14H2,1H3,(H2,23,25,26);1H. The molecule has 0 radical (unpaired) electrons.